The maximum Gasteiger partial charge on any atom is 0.245 e. The highest BCUT2D eigenvalue weighted by Crippen LogP contribution is 2.34. The predicted molar refractivity (Wildman–Crippen MR) is 109 cm³/mol. The number of methoxy groups -OCH3 is 1. The van der Waals surface area contributed by atoms with Crippen LogP contribution in [0.25, 0.3) is 10.2 Å². The highest BCUT2D eigenvalue weighted by Gasteiger charge is 2.36. The van der Waals surface area contributed by atoms with E-state index in [1.165, 1.54) is 17.5 Å². The number of piperazine rings is 1. The Morgan fingerprint density at radius 2 is 2.11 bits per heavy atom. The summed E-state index contributed by atoms with van der Waals surface area (Å²) in [6.07, 6.45) is 1.45. The molecule has 1 aliphatic heterocycles. The van der Waals surface area contributed by atoms with E-state index in [4.69, 9.17) is 4.74 Å². The summed E-state index contributed by atoms with van der Waals surface area (Å²) in [7, 11) is -2.07. The molecule has 0 spiro atoms. The molecule has 0 bridgehead atoms. The number of sulfonamides is 1. The average molecular weight is 426 g/mol. The van der Waals surface area contributed by atoms with Crippen LogP contribution >= 0.6 is 23.7 Å². The van der Waals surface area contributed by atoms with Crippen molar-refractivity contribution in [3.05, 3.63) is 53.5 Å². The van der Waals surface area contributed by atoms with Gasteiger partial charge in [-0.05, 0) is 23.6 Å². The molecular weight excluding hydrogens is 406 g/mol. The third-order valence-corrected chi connectivity index (χ3v) is 7.30. The summed E-state index contributed by atoms with van der Waals surface area (Å²) in [5.41, 5.74) is 1.67. The molecule has 1 fully saturated rings. The van der Waals surface area contributed by atoms with Gasteiger partial charge in [0.05, 0.1) is 23.4 Å². The molecule has 1 unspecified atom stereocenters. The van der Waals surface area contributed by atoms with Crippen LogP contribution in [0.15, 0.2) is 52.9 Å². The van der Waals surface area contributed by atoms with Crippen LogP contribution in [0.4, 0.5) is 0 Å². The number of hydrogen-bond acceptors (Lipinski definition) is 6. The van der Waals surface area contributed by atoms with Crippen LogP contribution in [-0.4, -0.2) is 44.5 Å². The largest absolute Gasteiger partial charge is 0.496 e. The number of aromatic nitrogens is 1. The molecule has 3 aromatic rings. The van der Waals surface area contributed by atoms with Gasteiger partial charge in [-0.3, -0.25) is 4.98 Å². The van der Waals surface area contributed by atoms with Crippen molar-refractivity contribution in [3.8, 4) is 5.75 Å². The molecule has 1 atom stereocenters. The van der Waals surface area contributed by atoms with E-state index < -0.39 is 10.0 Å². The molecule has 144 valence electrons. The lowest BCUT2D eigenvalue weighted by molar-refractivity contribution is 0.264. The molecule has 1 saturated heterocycles. The molecular formula is C18H20ClN3O3S2. The molecule has 3 heterocycles. The molecule has 6 nitrogen and oxygen atoms in total. The van der Waals surface area contributed by atoms with E-state index in [1.807, 2.05) is 35.7 Å². The Morgan fingerprint density at radius 1 is 1.30 bits per heavy atom. The number of ether oxygens (including phenoxy) is 1. The van der Waals surface area contributed by atoms with Crippen LogP contribution < -0.4 is 10.1 Å². The lowest BCUT2D eigenvalue weighted by atomic mass is 10.0. The maximum absolute atomic E-state index is 13.4. The lowest BCUT2D eigenvalue weighted by Gasteiger charge is -2.35. The number of nitrogens with zero attached hydrogens (tertiary/aromatic N) is 2. The first kappa shape index (κ1) is 20.0. The fourth-order valence-electron chi connectivity index (χ4n) is 3.29. The average Bonchev–Trinajstić information content (AvgIpc) is 3.16. The van der Waals surface area contributed by atoms with Crippen molar-refractivity contribution in [2.24, 2.45) is 0 Å². The number of fused-ring (bicyclic) bond motifs is 1. The summed E-state index contributed by atoms with van der Waals surface area (Å²) in [6.45, 7) is 1.54. The van der Waals surface area contributed by atoms with Gasteiger partial charge in [0, 0.05) is 31.4 Å². The van der Waals surface area contributed by atoms with Crippen LogP contribution in [-0.2, 0) is 10.0 Å². The Labute approximate surface area is 168 Å². The minimum Gasteiger partial charge on any atom is -0.496 e. The molecule has 0 amide bonds. The van der Waals surface area contributed by atoms with Gasteiger partial charge in [0.1, 0.15) is 10.6 Å². The number of rotatable bonds is 4. The van der Waals surface area contributed by atoms with Gasteiger partial charge >= 0.3 is 0 Å². The Bertz CT molecular complexity index is 1040. The summed E-state index contributed by atoms with van der Waals surface area (Å²) >= 11 is 1.49. The molecule has 1 aliphatic rings. The van der Waals surface area contributed by atoms with Crippen LogP contribution in [0.5, 0.6) is 5.75 Å². The number of benzene rings is 1. The third kappa shape index (κ3) is 3.68. The van der Waals surface area contributed by atoms with Gasteiger partial charge in [-0.25, -0.2) is 8.42 Å². The second-order valence-corrected chi connectivity index (χ2v) is 8.89. The quantitative estimate of drug-likeness (QED) is 0.695. The number of hydrogen-bond donors (Lipinski definition) is 1. The third-order valence-electron chi connectivity index (χ3n) is 4.58. The first-order valence-electron chi connectivity index (χ1n) is 8.30. The van der Waals surface area contributed by atoms with Crippen molar-refractivity contribution in [1.82, 2.24) is 14.6 Å². The van der Waals surface area contributed by atoms with E-state index in [-0.39, 0.29) is 23.3 Å². The standard InChI is InChI=1S/C18H19N3O3S2.ClH/c1-24-17-5-3-2-4-14(17)16-12-19-7-8-21(16)26(22,23)13-10-18-15(20-11-13)6-9-25-18;/h2-6,9-11,16,19H,7-8,12H2,1H3;1H. The fraction of sp³-hybridized carbons (Fsp3) is 0.278. The summed E-state index contributed by atoms with van der Waals surface area (Å²) in [5.74, 6) is 0.688. The highest BCUT2D eigenvalue weighted by molar-refractivity contribution is 7.89. The van der Waals surface area contributed by atoms with Gasteiger partial charge in [0.25, 0.3) is 0 Å². The van der Waals surface area contributed by atoms with Crippen molar-refractivity contribution < 1.29 is 13.2 Å². The van der Waals surface area contributed by atoms with Crippen LogP contribution in [0.1, 0.15) is 11.6 Å². The van der Waals surface area contributed by atoms with Crippen molar-refractivity contribution >= 4 is 44.0 Å². The molecule has 4 rings (SSSR count). The zero-order chi connectivity index (χ0) is 18.1. The minimum absolute atomic E-state index is 0. The molecule has 27 heavy (non-hydrogen) atoms. The van der Waals surface area contributed by atoms with Gasteiger partial charge in [-0.15, -0.1) is 23.7 Å². The summed E-state index contributed by atoms with van der Waals surface area (Å²) in [6, 6.07) is 10.8. The minimum atomic E-state index is -3.67. The van der Waals surface area contributed by atoms with Gasteiger partial charge in [-0.1, -0.05) is 18.2 Å². The molecule has 9 heteroatoms. The van der Waals surface area contributed by atoms with Crippen LogP contribution in [0, 0.1) is 0 Å². The van der Waals surface area contributed by atoms with Gasteiger partial charge < -0.3 is 10.1 Å². The van der Waals surface area contributed by atoms with E-state index in [9.17, 15) is 8.42 Å². The van der Waals surface area contributed by atoms with E-state index >= 15 is 0 Å². The van der Waals surface area contributed by atoms with E-state index in [0.717, 1.165) is 15.8 Å². The first-order valence-corrected chi connectivity index (χ1v) is 10.6. The zero-order valence-electron chi connectivity index (χ0n) is 14.7. The predicted octanol–water partition coefficient (Wildman–Crippen LogP) is 3.06. The normalized spacial score (nSPS) is 18.2. The van der Waals surface area contributed by atoms with Crippen LogP contribution in [0.2, 0.25) is 0 Å². The first-order chi connectivity index (χ1) is 12.6. The Morgan fingerprint density at radius 3 is 2.93 bits per heavy atom. The smallest absolute Gasteiger partial charge is 0.245 e. The number of pyridine rings is 1. The Balaban J connectivity index is 0.00000210. The van der Waals surface area contributed by atoms with Crippen LogP contribution in [0.3, 0.4) is 0 Å². The van der Waals surface area contributed by atoms with Gasteiger partial charge in [0.2, 0.25) is 10.0 Å². The Kier molecular flexibility index (Phi) is 6.02. The monoisotopic (exact) mass is 425 g/mol. The second-order valence-electron chi connectivity index (χ2n) is 6.05. The summed E-state index contributed by atoms with van der Waals surface area (Å²) < 4.78 is 34.6. The highest BCUT2D eigenvalue weighted by atomic mass is 35.5. The maximum atomic E-state index is 13.4. The molecule has 0 radical (unpaired) electrons. The zero-order valence-corrected chi connectivity index (χ0v) is 17.1. The molecule has 0 saturated carbocycles. The Hall–Kier alpha value is -1.71. The number of nitrogens with one attached hydrogen (secondary N) is 1. The SMILES string of the molecule is COc1ccccc1C1CNCCN1S(=O)(=O)c1cnc2ccsc2c1.Cl. The van der Waals surface area contributed by atoms with Crippen molar-refractivity contribution in [1.29, 1.82) is 0 Å². The number of para-hydroxylation sites is 1. The molecule has 1 N–H and O–H groups in total. The number of halogens is 1. The molecule has 0 aliphatic carbocycles. The second kappa shape index (κ2) is 8.12. The summed E-state index contributed by atoms with van der Waals surface area (Å²) in [5, 5.41) is 5.20. The van der Waals surface area contributed by atoms with E-state index in [1.54, 1.807) is 17.5 Å². The van der Waals surface area contributed by atoms with Crippen molar-refractivity contribution in [2.45, 2.75) is 10.9 Å². The molecule has 1 aromatic carbocycles. The lowest BCUT2D eigenvalue weighted by Crippen LogP contribution is -2.48. The van der Waals surface area contributed by atoms with Crippen molar-refractivity contribution in [3.63, 3.8) is 0 Å². The van der Waals surface area contributed by atoms with Gasteiger partial charge in [0.15, 0.2) is 0 Å². The summed E-state index contributed by atoms with van der Waals surface area (Å²) in [4.78, 5) is 4.53. The van der Waals surface area contributed by atoms with E-state index in [2.05, 4.69) is 10.3 Å². The van der Waals surface area contributed by atoms with E-state index in [0.29, 0.717) is 25.4 Å². The topological polar surface area (TPSA) is 71.5 Å². The van der Waals surface area contributed by atoms with Crippen molar-refractivity contribution in [2.75, 3.05) is 26.7 Å². The van der Waals surface area contributed by atoms with Gasteiger partial charge in [-0.2, -0.15) is 4.31 Å². The molecule has 2 aromatic heterocycles. The number of thiophene rings is 1. The fourth-order valence-corrected chi connectivity index (χ4v) is 5.72.